The van der Waals surface area contributed by atoms with Gasteiger partial charge in [0, 0.05) is 15.7 Å². The molecule has 1 nitrogen and oxygen atoms in total. The van der Waals surface area contributed by atoms with Gasteiger partial charge in [-0.1, -0.05) is 28.4 Å². The summed E-state index contributed by atoms with van der Waals surface area (Å²) >= 11 is 10.2. The fourth-order valence-electron chi connectivity index (χ4n) is 2.52. The van der Waals surface area contributed by atoms with Crippen molar-refractivity contribution in [3.05, 3.63) is 28.2 Å². The highest BCUT2D eigenvalue weighted by molar-refractivity contribution is 9.10. The maximum Gasteiger partial charge on any atom is 0.110 e. The van der Waals surface area contributed by atoms with E-state index >= 15 is 0 Å². The van der Waals surface area contributed by atoms with Crippen molar-refractivity contribution in [2.24, 2.45) is 4.99 Å². The summed E-state index contributed by atoms with van der Waals surface area (Å²) < 4.78 is 1.07. The van der Waals surface area contributed by atoms with E-state index in [0.717, 1.165) is 23.0 Å². The minimum Gasteiger partial charge on any atom is -0.255 e. The van der Waals surface area contributed by atoms with Crippen LogP contribution in [-0.4, -0.2) is 5.71 Å². The average Bonchev–Trinajstić information content (AvgIpc) is 2.49. The van der Waals surface area contributed by atoms with Crippen molar-refractivity contribution in [2.75, 3.05) is 0 Å². The second-order valence-corrected chi connectivity index (χ2v) is 5.79. The van der Waals surface area contributed by atoms with Crippen LogP contribution in [0.4, 0.5) is 5.69 Å². The molecule has 1 unspecified atom stereocenters. The first-order chi connectivity index (χ1) is 7.20. The third-order valence-electron chi connectivity index (χ3n) is 3.28. The molecule has 0 bridgehead atoms. The first kappa shape index (κ1) is 9.86. The molecule has 0 radical (unpaired) electrons. The van der Waals surface area contributed by atoms with Crippen molar-refractivity contribution in [1.29, 1.82) is 0 Å². The van der Waals surface area contributed by atoms with Crippen LogP contribution >= 0.6 is 27.5 Å². The van der Waals surface area contributed by atoms with Crippen molar-refractivity contribution < 1.29 is 0 Å². The Hall–Kier alpha value is -0.340. The number of nitrogens with zero attached hydrogens (tertiary/aromatic N) is 1. The van der Waals surface area contributed by atoms with E-state index in [1.54, 1.807) is 0 Å². The van der Waals surface area contributed by atoms with Gasteiger partial charge >= 0.3 is 0 Å². The molecule has 1 atom stereocenters. The molecule has 3 rings (SSSR count). The van der Waals surface area contributed by atoms with Crippen molar-refractivity contribution in [3.8, 4) is 0 Å². The van der Waals surface area contributed by atoms with Crippen LogP contribution in [0.15, 0.2) is 27.7 Å². The second kappa shape index (κ2) is 3.33. The van der Waals surface area contributed by atoms with E-state index in [0.29, 0.717) is 0 Å². The minimum absolute atomic E-state index is 0.283. The lowest BCUT2D eigenvalue weighted by Gasteiger charge is -2.29. The number of alkyl halides is 1. The summed E-state index contributed by atoms with van der Waals surface area (Å²) in [7, 11) is 0. The van der Waals surface area contributed by atoms with Gasteiger partial charge in [-0.2, -0.15) is 0 Å². The van der Waals surface area contributed by atoms with E-state index in [-0.39, 0.29) is 4.87 Å². The molecule has 1 aliphatic carbocycles. The molecule has 1 aromatic rings. The van der Waals surface area contributed by atoms with Crippen LogP contribution in [0.2, 0.25) is 0 Å². The lowest BCUT2D eigenvalue weighted by atomic mass is 9.83. The molecule has 15 heavy (non-hydrogen) atoms. The summed E-state index contributed by atoms with van der Waals surface area (Å²) in [6.45, 7) is 0. The SMILES string of the molecule is ClC12CCCCC1=Nc1cc(Br)ccc12. The monoisotopic (exact) mass is 283 g/mol. The molecule has 78 valence electrons. The van der Waals surface area contributed by atoms with Gasteiger partial charge in [0.1, 0.15) is 4.87 Å². The Morgan fingerprint density at radius 3 is 3.07 bits per heavy atom. The largest absolute Gasteiger partial charge is 0.255 e. The van der Waals surface area contributed by atoms with Crippen molar-refractivity contribution in [1.82, 2.24) is 0 Å². The van der Waals surface area contributed by atoms with E-state index in [9.17, 15) is 0 Å². The summed E-state index contributed by atoms with van der Waals surface area (Å²) in [6.07, 6.45) is 4.51. The molecule has 3 heteroatoms. The highest BCUT2D eigenvalue weighted by Crippen LogP contribution is 2.50. The molecular weight excluding hydrogens is 273 g/mol. The average molecular weight is 285 g/mol. The lowest BCUT2D eigenvalue weighted by Crippen LogP contribution is -2.29. The van der Waals surface area contributed by atoms with Gasteiger partial charge in [0.15, 0.2) is 0 Å². The second-order valence-electron chi connectivity index (χ2n) is 4.23. The quantitative estimate of drug-likeness (QED) is 0.620. The molecule has 0 amide bonds. The minimum atomic E-state index is -0.283. The normalized spacial score (nSPS) is 28.3. The molecule has 1 heterocycles. The summed E-state index contributed by atoms with van der Waals surface area (Å²) in [4.78, 5) is 4.38. The van der Waals surface area contributed by atoms with Crippen LogP contribution in [-0.2, 0) is 4.87 Å². The number of halogens is 2. The van der Waals surface area contributed by atoms with E-state index in [1.165, 1.54) is 24.1 Å². The van der Waals surface area contributed by atoms with Gasteiger partial charge in [0.25, 0.3) is 0 Å². The van der Waals surface area contributed by atoms with Crippen molar-refractivity contribution in [3.63, 3.8) is 0 Å². The first-order valence-corrected chi connectivity index (χ1v) is 6.44. The van der Waals surface area contributed by atoms with Gasteiger partial charge in [0.05, 0.1) is 5.69 Å². The molecule has 1 saturated carbocycles. The fourth-order valence-corrected chi connectivity index (χ4v) is 3.30. The van der Waals surface area contributed by atoms with Gasteiger partial charge in [-0.15, -0.1) is 11.6 Å². The highest BCUT2D eigenvalue weighted by Gasteiger charge is 2.42. The van der Waals surface area contributed by atoms with Crippen LogP contribution in [0.1, 0.15) is 31.2 Å². The highest BCUT2D eigenvalue weighted by atomic mass is 79.9. The van der Waals surface area contributed by atoms with Crippen LogP contribution in [0.3, 0.4) is 0 Å². The number of fused-ring (bicyclic) bond motifs is 3. The zero-order valence-corrected chi connectivity index (χ0v) is 10.6. The summed E-state index contributed by atoms with van der Waals surface area (Å²) in [5.74, 6) is 0. The van der Waals surface area contributed by atoms with Crippen molar-refractivity contribution >= 4 is 38.9 Å². The van der Waals surface area contributed by atoms with Gasteiger partial charge in [-0.3, -0.25) is 4.99 Å². The van der Waals surface area contributed by atoms with Crippen molar-refractivity contribution in [2.45, 2.75) is 30.6 Å². The number of aliphatic imine (C=N–C) groups is 1. The van der Waals surface area contributed by atoms with E-state index < -0.39 is 0 Å². The summed E-state index contributed by atoms with van der Waals surface area (Å²) in [6, 6.07) is 6.22. The van der Waals surface area contributed by atoms with Crippen LogP contribution in [0.25, 0.3) is 0 Å². The van der Waals surface area contributed by atoms with Gasteiger partial charge in [-0.05, 0) is 31.4 Å². The Labute approximate surface area is 103 Å². The predicted molar refractivity (Wildman–Crippen MR) is 67.2 cm³/mol. The fraction of sp³-hybridized carbons (Fsp3) is 0.417. The predicted octanol–water partition coefficient (Wildman–Crippen LogP) is 4.54. The molecule has 1 aliphatic heterocycles. The number of rotatable bonds is 0. The Morgan fingerprint density at radius 1 is 1.33 bits per heavy atom. The van der Waals surface area contributed by atoms with Crippen LogP contribution in [0, 0.1) is 0 Å². The number of benzene rings is 1. The zero-order valence-electron chi connectivity index (χ0n) is 8.26. The summed E-state index contributed by atoms with van der Waals surface area (Å²) in [5.41, 5.74) is 3.42. The third-order valence-corrected chi connectivity index (χ3v) is 4.39. The molecule has 1 fully saturated rings. The summed E-state index contributed by atoms with van der Waals surface area (Å²) in [5, 5.41) is 0. The standard InChI is InChI=1S/C12H11BrClN/c13-8-4-5-9-10(7-8)15-11-3-1-2-6-12(9,11)14/h4-5,7H,1-3,6H2. The number of hydrogen-bond donors (Lipinski definition) is 0. The Balaban J connectivity index is 2.17. The van der Waals surface area contributed by atoms with E-state index in [2.05, 4.69) is 39.1 Å². The molecule has 0 spiro atoms. The molecule has 0 saturated heterocycles. The number of hydrogen-bond acceptors (Lipinski definition) is 1. The Morgan fingerprint density at radius 2 is 2.20 bits per heavy atom. The molecule has 2 aliphatic rings. The van der Waals surface area contributed by atoms with Gasteiger partial charge < -0.3 is 0 Å². The van der Waals surface area contributed by atoms with Crippen LogP contribution < -0.4 is 0 Å². The molecule has 0 N–H and O–H groups in total. The molecule has 0 aromatic heterocycles. The third kappa shape index (κ3) is 1.38. The maximum atomic E-state index is 6.71. The van der Waals surface area contributed by atoms with E-state index in [4.69, 9.17) is 11.6 Å². The molecular formula is C12H11BrClN. The topological polar surface area (TPSA) is 12.4 Å². The zero-order chi connectivity index (χ0) is 10.5. The Kier molecular flexibility index (Phi) is 2.18. The van der Waals surface area contributed by atoms with Gasteiger partial charge in [-0.25, -0.2) is 0 Å². The first-order valence-electron chi connectivity index (χ1n) is 5.27. The smallest absolute Gasteiger partial charge is 0.110 e. The van der Waals surface area contributed by atoms with Crippen LogP contribution in [0.5, 0.6) is 0 Å². The van der Waals surface area contributed by atoms with Gasteiger partial charge in [0.2, 0.25) is 0 Å². The Bertz CT molecular complexity index is 455. The molecule has 1 aromatic carbocycles. The lowest BCUT2D eigenvalue weighted by molar-refractivity contribution is 0.582. The van der Waals surface area contributed by atoms with E-state index in [1.807, 2.05) is 0 Å². The maximum absolute atomic E-state index is 6.71.